The molecule has 0 aromatic heterocycles. The smallest absolute Gasteiger partial charge is 0.306 e. The lowest BCUT2D eigenvalue weighted by Crippen LogP contribution is -2.31. The molecule has 1 amide bonds. The van der Waals surface area contributed by atoms with Crippen molar-refractivity contribution < 1.29 is 14.7 Å². The standard InChI is InChI=1S/C15H18ClNO3/c1-9-12(16)6-3-7-13(9)17-14(18)10-4-2-5-11(8-10)15(19)20/h3,6-7,10-11H,2,4-5,8H2,1H3,(H,17,18)(H,19,20). The summed E-state index contributed by atoms with van der Waals surface area (Å²) in [6, 6.07) is 5.36. The number of carboxylic acid groups (broad SMARTS) is 1. The highest BCUT2D eigenvalue weighted by atomic mass is 35.5. The summed E-state index contributed by atoms with van der Waals surface area (Å²) in [6.07, 6.45) is 2.61. The van der Waals surface area contributed by atoms with E-state index < -0.39 is 11.9 Å². The molecule has 2 N–H and O–H groups in total. The fraction of sp³-hybridized carbons (Fsp3) is 0.467. The quantitative estimate of drug-likeness (QED) is 0.897. The molecule has 1 aliphatic rings. The highest BCUT2D eigenvalue weighted by molar-refractivity contribution is 6.31. The zero-order valence-electron chi connectivity index (χ0n) is 11.4. The van der Waals surface area contributed by atoms with E-state index in [1.807, 2.05) is 6.92 Å². The molecule has 2 rings (SSSR count). The van der Waals surface area contributed by atoms with Crippen LogP contribution in [0.1, 0.15) is 31.2 Å². The molecular weight excluding hydrogens is 278 g/mol. The van der Waals surface area contributed by atoms with Crippen molar-refractivity contribution in [2.24, 2.45) is 11.8 Å². The van der Waals surface area contributed by atoms with Crippen LogP contribution in [0.4, 0.5) is 5.69 Å². The molecular formula is C15H18ClNO3. The summed E-state index contributed by atoms with van der Waals surface area (Å²) in [4.78, 5) is 23.3. The van der Waals surface area contributed by atoms with Gasteiger partial charge < -0.3 is 10.4 Å². The molecule has 2 atom stereocenters. The first kappa shape index (κ1) is 14.9. The highest BCUT2D eigenvalue weighted by Crippen LogP contribution is 2.31. The number of carbonyl (C=O) groups excluding carboxylic acids is 1. The maximum atomic E-state index is 12.3. The molecule has 0 heterocycles. The van der Waals surface area contributed by atoms with E-state index in [2.05, 4.69) is 5.32 Å². The third-order valence-corrected chi connectivity index (χ3v) is 4.33. The lowest BCUT2D eigenvalue weighted by molar-refractivity contribution is -0.143. The molecule has 1 saturated carbocycles. The van der Waals surface area contributed by atoms with Crippen LogP contribution in [0.15, 0.2) is 18.2 Å². The van der Waals surface area contributed by atoms with Gasteiger partial charge in [-0.25, -0.2) is 0 Å². The molecule has 2 unspecified atom stereocenters. The van der Waals surface area contributed by atoms with Crippen LogP contribution in [0.2, 0.25) is 5.02 Å². The van der Waals surface area contributed by atoms with Gasteiger partial charge in [0.05, 0.1) is 5.92 Å². The van der Waals surface area contributed by atoms with E-state index >= 15 is 0 Å². The van der Waals surface area contributed by atoms with Crippen molar-refractivity contribution in [3.63, 3.8) is 0 Å². The lowest BCUT2D eigenvalue weighted by atomic mass is 9.81. The molecule has 4 nitrogen and oxygen atoms in total. The van der Waals surface area contributed by atoms with Crippen molar-refractivity contribution in [2.45, 2.75) is 32.6 Å². The average Bonchev–Trinajstić information content (AvgIpc) is 2.44. The van der Waals surface area contributed by atoms with Gasteiger partial charge in [0, 0.05) is 16.6 Å². The molecule has 108 valence electrons. The van der Waals surface area contributed by atoms with Crippen molar-refractivity contribution in [2.75, 3.05) is 5.32 Å². The third-order valence-electron chi connectivity index (χ3n) is 3.92. The minimum absolute atomic E-state index is 0.110. The largest absolute Gasteiger partial charge is 0.481 e. The van der Waals surface area contributed by atoms with E-state index in [0.717, 1.165) is 18.4 Å². The molecule has 0 radical (unpaired) electrons. The summed E-state index contributed by atoms with van der Waals surface area (Å²) in [5.74, 6) is -1.55. The summed E-state index contributed by atoms with van der Waals surface area (Å²) in [5.41, 5.74) is 1.52. The molecule has 0 saturated heterocycles. The number of amides is 1. The molecule has 1 aromatic rings. The topological polar surface area (TPSA) is 66.4 Å². The van der Waals surface area contributed by atoms with E-state index in [-0.39, 0.29) is 11.8 Å². The maximum absolute atomic E-state index is 12.3. The Bertz CT molecular complexity index is 530. The summed E-state index contributed by atoms with van der Waals surface area (Å²) in [6.45, 7) is 1.85. The normalized spacial score (nSPS) is 22.3. The number of halogens is 1. The first-order valence-corrected chi connectivity index (χ1v) is 7.15. The second-order valence-electron chi connectivity index (χ2n) is 5.30. The predicted molar refractivity (Wildman–Crippen MR) is 77.9 cm³/mol. The summed E-state index contributed by atoms with van der Waals surface area (Å²) >= 11 is 6.02. The van der Waals surface area contributed by atoms with E-state index in [1.54, 1.807) is 18.2 Å². The van der Waals surface area contributed by atoms with Crippen LogP contribution in [0, 0.1) is 18.8 Å². The van der Waals surface area contributed by atoms with E-state index in [9.17, 15) is 9.59 Å². The van der Waals surface area contributed by atoms with Crippen LogP contribution >= 0.6 is 11.6 Å². The highest BCUT2D eigenvalue weighted by Gasteiger charge is 2.31. The SMILES string of the molecule is Cc1c(Cl)cccc1NC(=O)C1CCCC(C(=O)O)C1. The number of nitrogens with one attached hydrogen (secondary N) is 1. The third kappa shape index (κ3) is 3.31. The van der Waals surface area contributed by atoms with Crippen LogP contribution in [-0.4, -0.2) is 17.0 Å². The fourth-order valence-corrected chi connectivity index (χ4v) is 2.80. The summed E-state index contributed by atoms with van der Waals surface area (Å²) < 4.78 is 0. The Hall–Kier alpha value is -1.55. The number of benzene rings is 1. The summed E-state index contributed by atoms with van der Waals surface area (Å²) in [5, 5.41) is 12.5. The zero-order valence-corrected chi connectivity index (χ0v) is 12.1. The fourth-order valence-electron chi connectivity index (χ4n) is 2.63. The Morgan fingerprint density at radius 1 is 1.30 bits per heavy atom. The summed E-state index contributed by atoms with van der Waals surface area (Å²) in [7, 11) is 0. The average molecular weight is 296 g/mol. The lowest BCUT2D eigenvalue weighted by Gasteiger charge is -2.26. The van der Waals surface area contributed by atoms with Gasteiger partial charge in [-0.05, 0) is 43.9 Å². The Morgan fingerprint density at radius 3 is 2.70 bits per heavy atom. The molecule has 5 heteroatoms. The van der Waals surface area contributed by atoms with Crippen molar-refractivity contribution in [1.82, 2.24) is 0 Å². The van der Waals surface area contributed by atoms with Gasteiger partial charge in [-0.3, -0.25) is 9.59 Å². The van der Waals surface area contributed by atoms with E-state index in [0.29, 0.717) is 23.6 Å². The number of hydrogen-bond donors (Lipinski definition) is 2. The molecule has 1 aromatic carbocycles. The van der Waals surface area contributed by atoms with Crippen LogP contribution < -0.4 is 5.32 Å². The van der Waals surface area contributed by atoms with Gasteiger partial charge in [0.25, 0.3) is 0 Å². The molecule has 1 aliphatic carbocycles. The Labute approximate surface area is 123 Å². The number of carbonyl (C=O) groups is 2. The van der Waals surface area contributed by atoms with Crippen LogP contribution in [0.5, 0.6) is 0 Å². The zero-order chi connectivity index (χ0) is 14.7. The first-order valence-electron chi connectivity index (χ1n) is 6.78. The van der Waals surface area contributed by atoms with Gasteiger partial charge in [-0.15, -0.1) is 0 Å². The minimum atomic E-state index is -0.804. The molecule has 0 spiro atoms. The van der Waals surface area contributed by atoms with E-state index in [4.69, 9.17) is 16.7 Å². The van der Waals surface area contributed by atoms with Gasteiger partial charge in [0.1, 0.15) is 0 Å². The van der Waals surface area contributed by atoms with Crippen LogP contribution in [0.3, 0.4) is 0 Å². The van der Waals surface area contributed by atoms with Gasteiger partial charge in [-0.1, -0.05) is 24.1 Å². The van der Waals surface area contributed by atoms with Crippen LogP contribution in [0.25, 0.3) is 0 Å². The Balaban J connectivity index is 2.04. The maximum Gasteiger partial charge on any atom is 0.306 e. The molecule has 0 aliphatic heterocycles. The number of rotatable bonds is 3. The van der Waals surface area contributed by atoms with Gasteiger partial charge >= 0.3 is 5.97 Å². The van der Waals surface area contributed by atoms with Gasteiger partial charge in [0.15, 0.2) is 0 Å². The first-order chi connectivity index (χ1) is 9.49. The van der Waals surface area contributed by atoms with Crippen molar-refractivity contribution in [3.05, 3.63) is 28.8 Å². The van der Waals surface area contributed by atoms with Crippen molar-refractivity contribution in [3.8, 4) is 0 Å². The van der Waals surface area contributed by atoms with E-state index in [1.165, 1.54) is 0 Å². The van der Waals surface area contributed by atoms with Gasteiger partial charge in [0.2, 0.25) is 5.91 Å². The number of carboxylic acids is 1. The minimum Gasteiger partial charge on any atom is -0.481 e. The van der Waals surface area contributed by atoms with Crippen molar-refractivity contribution >= 4 is 29.2 Å². The Morgan fingerprint density at radius 2 is 2.00 bits per heavy atom. The number of anilines is 1. The number of hydrogen-bond acceptors (Lipinski definition) is 2. The molecule has 20 heavy (non-hydrogen) atoms. The Kier molecular flexibility index (Phi) is 4.65. The van der Waals surface area contributed by atoms with Crippen LogP contribution in [-0.2, 0) is 9.59 Å². The molecule has 1 fully saturated rings. The number of aliphatic carboxylic acids is 1. The molecule has 0 bridgehead atoms. The second-order valence-corrected chi connectivity index (χ2v) is 5.71. The van der Waals surface area contributed by atoms with Gasteiger partial charge in [-0.2, -0.15) is 0 Å². The second kappa shape index (κ2) is 6.27. The predicted octanol–water partition coefficient (Wildman–Crippen LogP) is 3.48. The van der Waals surface area contributed by atoms with Crippen molar-refractivity contribution in [1.29, 1.82) is 0 Å². The monoisotopic (exact) mass is 295 g/mol.